The van der Waals surface area contributed by atoms with Gasteiger partial charge in [0.15, 0.2) is 5.56 Å². The van der Waals surface area contributed by atoms with Crippen molar-refractivity contribution in [2.75, 3.05) is 0 Å². The molecule has 10 nitrogen and oxygen atoms in total. The van der Waals surface area contributed by atoms with Crippen molar-refractivity contribution < 1.29 is 15.0 Å². The van der Waals surface area contributed by atoms with E-state index in [1.165, 1.54) is 22.7 Å². The highest BCUT2D eigenvalue weighted by atomic mass is 32.1. The maximum absolute atomic E-state index is 12.9. The number of nitrogens with zero attached hydrogens (tertiary/aromatic N) is 5. The highest BCUT2D eigenvalue weighted by molar-refractivity contribution is 7.23. The Balaban J connectivity index is 1.67. The van der Waals surface area contributed by atoms with Gasteiger partial charge in [0.25, 0.3) is 5.69 Å². The predicted molar refractivity (Wildman–Crippen MR) is 157 cm³/mol. The average Bonchev–Trinajstić information content (AvgIpc) is 3.67. The number of rotatable bonds is 5. The normalized spacial score (nSPS) is 11.5. The minimum Gasteiger partial charge on any atom is -0.502 e. The van der Waals surface area contributed by atoms with Crippen molar-refractivity contribution in [2.24, 2.45) is 0 Å². The Labute approximate surface area is 235 Å². The standard InChI is InChI=1S/C27H13N5O5S3/c33-24-20(26-29-14-8-2-5-11-17(14)39-26)19(25-28-13-7-1-4-10-16(13)38-25)22(31(34)35)21(23(24)32(36)37)27-30-15-9-3-6-12-18(15)40-27/h1-12,33H. The summed E-state index contributed by atoms with van der Waals surface area (Å²) in [6.45, 7) is 0. The first-order chi connectivity index (χ1) is 19.4. The number of hydrogen-bond donors (Lipinski definition) is 1. The van der Waals surface area contributed by atoms with Gasteiger partial charge in [-0.05, 0) is 36.4 Å². The second-order valence-electron chi connectivity index (χ2n) is 8.65. The summed E-state index contributed by atoms with van der Waals surface area (Å²) in [6, 6.07) is 21.5. The van der Waals surface area contributed by atoms with Crippen molar-refractivity contribution in [3.05, 3.63) is 93.0 Å². The molecule has 0 radical (unpaired) electrons. The molecule has 0 aliphatic heterocycles. The van der Waals surface area contributed by atoms with Gasteiger partial charge in [-0.15, -0.1) is 34.0 Å². The number of nitro groups is 2. The Kier molecular flexibility index (Phi) is 5.52. The van der Waals surface area contributed by atoms with Crippen molar-refractivity contribution in [2.45, 2.75) is 0 Å². The Morgan fingerprint density at radius 1 is 0.550 bits per heavy atom. The zero-order valence-electron chi connectivity index (χ0n) is 20.0. The molecule has 0 aliphatic carbocycles. The molecule has 3 aromatic heterocycles. The number of hydrogen-bond acceptors (Lipinski definition) is 11. The fraction of sp³-hybridized carbons (Fsp3) is 0. The van der Waals surface area contributed by atoms with Gasteiger partial charge in [-0.3, -0.25) is 20.2 Å². The molecule has 0 unspecified atom stereocenters. The minimum absolute atomic E-state index is 0.0392. The lowest BCUT2D eigenvalue weighted by molar-refractivity contribution is -0.392. The first kappa shape index (κ1) is 24.2. The van der Waals surface area contributed by atoms with Crippen LogP contribution >= 0.6 is 34.0 Å². The first-order valence-electron chi connectivity index (χ1n) is 11.7. The summed E-state index contributed by atoms with van der Waals surface area (Å²) in [5.41, 5.74) is -0.146. The fourth-order valence-corrected chi connectivity index (χ4v) is 7.68. The van der Waals surface area contributed by atoms with Crippen LogP contribution in [0, 0.1) is 20.2 Å². The minimum atomic E-state index is -0.803. The summed E-state index contributed by atoms with van der Waals surface area (Å²) in [5, 5.41) is 37.5. The molecule has 7 rings (SSSR count). The number of benzene rings is 4. The lowest BCUT2D eigenvalue weighted by Crippen LogP contribution is -2.03. The van der Waals surface area contributed by atoms with Crippen LogP contribution in [-0.4, -0.2) is 29.9 Å². The number of thiazole rings is 3. The summed E-state index contributed by atoms with van der Waals surface area (Å²) in [7, 11) is 0. The predicted octanol–water partition coefficient (Wildman–Crippen LogP) is 8.04. The molecule has 13 heteroatoms. The lowest BCUT2D eigenvalue weighted by atomic mass is 9.97. The van der Waals surface area contributed by atoms with Gasteiger partial charge in [0.1, 0.15) is 20.6 Å². The van der Waals surface area contributed by atoms with Crippen molar-refractivity contribution in [1.82, 2.24) is 15.0 Å². The number of nitro benzene ring substituents is 2. The van der Waals surface area contributed by atoms with E-state index in [2.05, 4.69) is 15.0 Å². The van der Waals surface area contributed by atoms with Crippen molar-refractivity contribution >= 4 is 76.0 Å². The van der Waals surface area contributed by atoms with Gasteiger partial charge >= 0.3 is 5.69 Å². The molecule has 0 amide bonds. The molecule has 0 aliphatic rings. The van der Waals surface area contributed by atoms with E-state index in [9.17, 15) is 25.3 Å². The third kappa shape index (κ3) is 3.71. The smallest absolute Gasteiger partial charge is 0.328 e. The van der Waals surface area contributed by atoms with E-state index >= 15 is 0 Å². The molecule has 0 saturated carbocycles. The van der Waals surface area contributed by atoms with Gasteiger partial charge < -0.3 is 5.11 Å². The molecule has 7 aromatic rings. The molecule has 4 aromatic carbocycles. The molecule has 0 bridgehead atoms. The van der Waals surface area contributed by atoms with E-state index in [0.717, 1.165) is 20.7 Å². The van der Waals surface area contributed by atoms with E-state index in [1.807, 2.05) is 24.3 Å². The summed E-state index contributed by atoms with van der Waals surface area (Å²) in [5.74, 6) is -0.724. The van der Waals surface area contributed by atoms with Gasteiger partial charge in [0.05, 0.1) is 46.1 Å². The largest absolute Gasteiger partial charge is 0.502 e. The number of aromatic hydroxyl groups is 1. The second-order valence-corrected chi connectivity index (χ2v) is 11.7. The van der Waals surface area contributed by atoms with Crippen molar-refractivity contribution in [3.8, 4) is 37.5 Å². The molecule has 194 valence electrons. The van der Waals surface area contributed by atoms with E-state index < -0.39 is 27.0 Å². The van der Waals surface area contributed by atoms with Gasteiger partial charge in [0.2, 0.25) is 5.75 Å². The van der Waals surface area contributed by atoms with Crippen LogP contribution in [0.4, 0.5) is 11.4 Å². The topological polar surface area (TPSA) is 145 Å². The molecule has 0 spiro atoms. The monoisotopic (exact) mass is 583 g/mol. The van der Waals surface area contributed by atoms with Crippen LogP contribution in [0.3, 0.4) is 0 Å². The number of para-hydroxylation sites is 3. The third-order valence-electron chi connectivity index (χ3n) is 6.31. The Morgan fingerprint density at radius 3 is 1.32 bits per heavy atom. The third-order valence-corrected chi connectivity index (χ3v) is 9.47. The summed E-state index contributed by atoms with van der Waals surface area (Å²) >= 11 is 3.44. The molecule has 0 saturated heterocycles. The van der Waals surface area contributed by atoms with Crippen LogP contribution in [0.2, 0.25) is 0 Å². The van der Waals surface area contributed by atoms with E-state index in [4.69, 9.17) is 0 Å². The maximum atomic E-state index is 12.9. The fourth-order valence-electron chi connectivity index (χ4n) is 4.63. The highest BCUT2D eigenvalue weighted by Gasteiger charge is 2.42. The van der Waals surface area contributed by atoms with Crippen LogP contribution in [0.25, 0.3) is 62.4 Å². The maximum Gasteiger partial charge on any atom is 0.328 e. The van der Waals surface area contributed by atoms with Crippen LogP contribution in [0.1, 0.15) is 0 Å². The van der Waals surface area contributed by atoms with Crippen LogP contribution in [0.15, 0.2) is 72.8 Å². The van der Waals surface area contributed by atoms with E-state index in [0.29, 0.717) is 21.3 Å². The molecule has 0 fully saturated rings. The Hall–Kier alpha value is -4.85. The second kappa shape index (κ2) is 9.12. The highest BCUT2D eigenvalue weighted by Crippen LogP contribution is 2.57. The number of phenols is 1. The Morgan fingerprint density at radius 2 is 0.925 bits per heavy atom. The van der Waals surface area contributed by atoms with E-state index in [1.54, 1.807) is 48.5 Å². The zero-order chi connectivity index (χ0) is 27.5. The molecular weight excluding hydrogens is 571 g/mol. The number of aromatic nitrogens is 3. The first-order valence-corrected chi connectivity index (χ1v) is 14.1. The molecule has 3 heterocycles. The Bertz CT molecular complexity index is 2070. The molecule has 1 N–H and O–H groups in total. The molecule has 40 heavy (non-hydrogen) atoms. The van der Waals surface area contributed by atoms with Crippen LogP contribution in [0.5, 0.6) is 5.75 Å². The van der Waals surface area contributed by atoms with Gasteiger partial charge in [-0.1, -0.05) is 36.4 Å². The van der Waals surface area contributed by atoms with Crippen molar-refractivity contribution in [3.63, 3.8) is 0 Å². The zero-order valence-corrected chi connectivity index (χ0v) is 22.4. The summed E-state index contributed by atoms with van der Waals surface area (Å²) in [4.78, 5) is 37.7. The number of fused-ring (bicyclic) bond motifs is 3. The van der Waals surface area contributed by atoms with Gasteiger partial charge in [0, 0.05) is 0 Å². The number of phenolic OH excluding ortho intramolecular Hbond substituents is 1. The average molecular weight is 584 g/mol. The lowest BCUT2D eigenvalue weighted by Gasteiger charge is -2.12. The van der Waals surface area contributed by atoms with Gasteiger partial charge in [-0.25, -0.2) is 15.0 Å². The summed E-state index contributed by atoms with van der Waals surface area (Å²) in [6.07, 6.45) is 0. The molecular formula is C27H13N5O5S3. The molecule has 0 atom stereocenters. The quantitative estimate of drug-likeness (QED) is 0.158. The SMILES string of the molecule is O=[N+]([O-])c1c(O)c(-c2nc3ccccc3s2)c(-c2nc3ccccc3s2)c([N+](=O)[O-])c1-c1nc2ccccc2s1. The van der Waals surface area contributed by atoms with Crippen molar-refractivity contribution in [1.29, 1.82) is 0 Å². The summed E-state index contributed by atoms with van der Waals surface area (Å²) < 4.78 is 2.21. The van der Waals surface area contributed by atoms with Gasteiger partial charge in [-0.2, -0.15) is 0 Å². The van der Waals surface area contributed by atoms with Crippen LogP contribution in [-0.2, 0) is 0 Å². The van der Waals surface area contributed by atoms with E-state index in [-0.39, 0.29) is 31.7 Å². The van der Waals surface area contributed by atoms with Crippen LogP contribution < -0.4 is 0 Å².